The standard InChI is InChI=1S/C11H21NO2/c1-8-6-5-7-12-9(8)10(13)14-11(2,3)4/h8-9,12H,5-7H2,1-4H3/t8-,9+/m0/s1. The summed E-state index contributed by atoms with van der Waals surface area (Å²) in [5.41, 5.74) is -0.379. The molecule has 0 radical (unpaired) electrons. The van der Waals surface area contributed by atoms with Crippen molar-refractivity contribution in [2.45, 2.75) is 52.2 Å². The zero-order valence-electron chi connectivity index (χ0n) is 9.59. The molecule has 1 aliphatic rings. The van der Waals surface area contributed by atoms with Gasteiger partial charge >= 0.3 is 5.97 Å². The minimum atomic E-state index is -0.379. The zero-order chi connectivity index (χ0) is 10.8. The van der Waals surface area contributed by atoms with Crippen molar-refractivity contribution >= 4 is 5.97 Å². The maximum absolute atomic E-state index is 11.7. The number of hydrogen-bond donors (Lipinski definition) is 1. The first kappa shape index (κ1) is 11.5. The van der Waals surface area contributed by atoms with Gasteiger partial charge in [0.15, 0.2) is 0 Å². The summed E-state index contributed by atoms with van der Waals surface area (Å²) in [5, 5.41) is 3.22. The highest BCUT2D eigenvalue weighted by Gasteiger charge is 2.31. The Morgan fingerprint density at radius 2 is 2.07 bits per heavy atom. The van der Waals surface area contributed by atoms with E-state index in [0.717, 1.165) is 19.4 Å². The molecule has 0 aromatic carbocycles. The fraction of sp³-hybridized carbons (Fsp3) is 0.909. The molecule has 1 N–H and O–H groups in total. The number of esters is 1. The SMILES string of the molecule is C[C@H]1CCCN[C@H]1C(=O)OC(C)(C)C. The van der Waals surface area contributed by atoms with Gasteiger partial charge in [0.1, 0.15) is 11.6 Å². The van der Waals surface area contributed by atoms with Crippen molar-refractivity contribution in [3.8, 4) is 0 Å². The van der Waals surface area contributed by atoms with E-state index in [0.29, 0.717) is 5.92 Å². The summed E-state index contributed by atoms with van der Waals surface area (Å²) in [5.74, 6) is 0.281. The van der Waals surface area contributed by atoms with Gasteiger partial charge in [-0.25, -0.2) is 0 Å². The molecule has 1 aliphatic heterocycles. The Morgan fingerprint density at radius 3 is 2.57 bits per heavy atom. The van der Waals surface area contributed by atoms with Crippen LogP contribution in [0.25, 0.3) is 0 Å². The first-order valence-electron chi connectivity index (χ1n) is 5.36. The minimum absolute atomic E-state index is 0.107. The lowest BCUT2D eigenvalue weighted by Crippen LogP contribution is -2.48. The van der Waals surface area contributed by atoms with Crippen molar-refractivity contribution in [2.24, 2.45) is 5.92 Å². The Bertz CT molecular complexity index is 208. The molecule has 14 heavy (non-hydrogen) atoms. The van der Waals surface area contributed by atoms with Gasteiger partial charge in [0, 0.05) is 0 Å². The highest BCUT2D eigenvalue weighted by atomic mass is 16.6. The molecule has 2 atom stereocenters. The number of carbonyl (C=O) groups is 1. The van der Waals surface area contributed by atoms with Crippen molar-refractivity contribution in [3.63, 3.8) is 0 Å². The molecule has 0 spiro atoms. The minimum Gasteiger partial charge on any atom is -0.459 e. The third-order valence-corrected chi connectivity index (χ3v) is 2.43. The van der Waals surface area contributed by atoms with Gasteiger partial charge in [-0.05, 0) is 46.1 Å². The third kappa shape index (κ3) is 3.29. The number of ether oxygens (including phenoxy) is 1. The van der Waals surface area contributed by atoms with Gasteiger partial charge in [-0.2, -0.15) is 0 Å². The van der Waals surface area contributed by atoms with Crippen molar-refractivity contribution in [2.75, 3.05) is 6.54 Å². The predicted molar refractivity (Wildman–Crippen MR) is 56.0 cm³/mol. The maximum Gasteiger partial charge on any atom is 0.323 e. The fourth-order valence-corrected chi connectivity index (χ4v) is 1.73. The lowest BCUT2D eigenvalue weighted by atomic mass is 9.93. The Morgan fingerprint density at radius 1 is 1.43 bits per heavy atom. The fourth-order valence-electron chi connectivity index (χ4n) is 1.73. The van der Waals surface area contributed by atoms with Crippen molar-refractivity contribution < 1.29 is 9.53 Å². The normalized spacial score (nSPS) is 28.6. The smallest absolute Gasteiger partial charge is 0.323 e. The summed E-state index contributed by atoms with van der Waals surface area (Å²) >= 11 is 0. The lowest BCUT2D eigenvalue weighted by Gasteiger charge is -2.31. The second kappa shape index (κ2) is 4.30. The highest BCUT2D eigenvalue weighted by Crippen LogP contribution is 2.18. The molecule has 0 aromatic rings. The van der Waals surface area contributed by atoms with Crippen LogP contribution in [-0.2, 0) is 9.53 Å². The average Bonchev–Trinajstić information content (AvgIpc) is 2.01. The summed E-state index contributed by atoms with van der Waals surface area (Å²) in [6.07, 6.45) is 2.26. The van der Waals surface area contributed by atoms with Crippen LogP contribution in [0.1, 0.15) is 40.5 Å². The molecule has 1 heterocycles. The van der Waals surface area contributed by atoms with Crippen LogP contribution < -0.4 is 5.32 Å². The van der Waals surface area contributed by atoms with E-state index in [9.17, 15) is 4.79 Å². The summed E-state index contributed by atoms with van der Waals surface area (Å²) in [7, 11) is 0. The van der Waals surface area contributed by atoms with E-state index >= 15 is 0 Å². The van der Waals surface area contributed by atoms with Crippen LogP contribution in [-0.4, -0.2) is 24.2 Å². The lowest BCUT2D eigenvalue weighted by molar-refractivity contribution is -0.159. The number of hydrogen-bond acceptors (Lipinski definition) is 3. The van der Waals surface area contributed by atoms with Crippen molar-refractivity contribution in [1.29, 1.82) is 0 Å². The van der Waals surface area contributed by atoms with Crippen LogP contribution in [0.5, 0.6) is 0 Å². The Kier molecular flexibility index (Phi) is 3.53. The summed E-state index contributed by atoms with van der Waals surface area (Å²) < 4.78 is 5.35. The second-order valence-corrected chi connectivity index (χ2v) is 5.08. The van der Waals surface area contributed by atoms with Gasteiger partial charge in [0.25, 0.3) is 0 Å². The van der Waals surface area contributed by atoms with E-state index in [1.54, 1.807) is 0 Å². The predicted octanol–water partition coefficient (Wildman–Crippen LogP) is 1.72. The van der Waals surface area contributed by atoms with Crippen LogP contribution >= 0.6 is 0 Å². The molecule has 0 unspecified atom stereocenters. The molecule has 1 fully saturated rings. The monoisotopic (exact) mass is 199 g/mol. The molecule has 0 aliphatic carbocycles. The van der Waals surface area contributed by atoms with Crippen LogP contribution in [0, 0.1) is 5.92 Å². The molecular weight excluding hydrogens is 178 g/mol. The van der Waals surface area contributed by atoms with Crippen molar-refractivity contribution in [3.05, 3.63) is 0 Å². The van der Waals surface area contributed by atoms with E-state index in [2.05, 4.69) is 12.2 Å². The van der Waals surface area contributed by atoms with Gasteiger partial charge in [-0.15, -0.1) is 0 Å². The highest BCUT2D eigenvalue weighted by molar-refractivity contribution is 5.76. The largest absolute Gasteiger partial charge is 0.459 e. The number of piperidine rings is 1. The maximum atomic E-state index is 11.7. The molecule has 0 amide bonds. The van der Waals surface area contributed by atoms with Gasteiger partial charge in [0.2, 0.25) is 0 Å². The van der Waals surface area contributed by atoms with Crippen LogP contribution in [0.2, 0.25) is 0 Å². The molecule has 0 aromatic heterocycles. The van der Waals surface area contributed by atoms with E-state index < -0.39 is 0 Å². The summed E-state index contributed by atoms with van der Waals surface area (Å²) in [6.45, 7) is 8.73. The molecule has 0 bridgehead atoms. The average molecular weight is 199 g/mol. The Hall–Kier alpha value is -0.570. The van der Waals surface area contributed by atoms with Crippen molar-refractivity contribution in [1.82, 2.24) is 5.32 Å². The number of rotatable bonds is 1. The quantitative estimate of drug-likeness (QED) is 0.653. The van der Waals surface area contributed by atoms with Gasteiger partial charge in [0.05, 0.1) is 0 Å². The molecule has 3 heteroatoms. The zero-order valence-corrected chi connectivity index (χ0v) is 9.59. The first-order chi connectivity index (χ1) is 6.40. The van der Waals surface area contributed by atoms with Gasteiger partial charge in [-0.3, -0.25) is 4.79 Å². The molecular formula is C11H21NO2. The molecule has 3 nitrogen and oxygen atoms in total. The number of carbonyl (C=O) groups excluding carboxylic acids is 1. The summed E-state index contributed by atoms with van der Waals surface area (Å²) in [4.78, 5) is 11.7. The molecule has 82 valence electrons. The van der Waals surface area contributed by atoms with Crippen LogP contribution in [0.3, 0.4) is 0 Å². The first-order valence-corrected chi connectivity index (χ1v) is 5.36. The van der Waals surface area contributed by atoms with Crippen LogP contribution in [0.15, 0.2) is 0 Å². The van der Waals surface area contributed by atoms with E-state index in [-0.39, 0.29) is 17.6 Å². The topological polar surface area (TPSA) is 38.3 Å². The third-order valence-electron chi connectivity index (χ3n) is 2.43. The number of nitrogens with one attached hydrogen (secondary N) is 1. The van der Waals surface area contributed by atoms with E-state index in [1.165, 1.54) is 0 Å². The van der Waals surface area contributed by atoms with E-state index in [1.807, 2.05) is 20.8 Å². The Balaban J connectivity index is 2.50. The molecule has 1 rings (SSSR count). The molecule has 0 saturated carbocycles. The van der Waals surface area contributed by atoms with Gasteiger partial charge in [-0.1, -0.05) is 6.92 Å². The summed E-state index contributed by atoms with van der Waals surface area (Å²) in [6, 6.07) is -0.108. The molecule has 1 saturated heterocycles. The van der Waals surface area contributed by atoms with Crippen LogP contribution in [0.4, 0.5) is 0 Å². The van der Waals surface area contributed by atoms with Gasteiger partial charge < -0.3 is 10.1 Å². The van der Waals surface area contributed by atoms with E-state index in [4.69, 9.17) is 4.74 Å². The Labute approximate surface area is 86.2 Å². The second-order valence-electron chi connectivity index (χ2n) is 5.08.